The Hall–Kier alpha value is -2.96. The first-order valence-corrected chi connectivity index (χ1v) is 7.76. The molecule has 0 fully saturated rings. The molecule has 0 aliphatic heterocycles. The Balaban J connectivity index is 1.88. The molecule has 0 aliphatic rings. The Labute approximate surface area is 144 Å². The van der Waals surface area contributed by atoms with Gasteiger partial charge in [0.25, 0.3) is 0 Å². The zero-order valence-electron chi connectivity index (χ0n) is 13.6. The van der Waals surface area contributed by atoms with Crippen molar-refractivity contribution >= 4 is 17.5 Å². The van der Waals surface area contributed by atoms with Crippen LogP contribution < -0.4 is 15.4 Å². The molecule has 5 nitrogen and oxygen atoms in total. The number of ether oxygens (including phenoxy) is 1. The lowest BCUT2D eigenvalue weighted by Crippen LogP contribution is -2.36. The predicted octanol–water partition coefficient (Wildman–Crippen LogP) is 2.66. The molecular weight excluding hydrogens is 330 g/mol. The van der Waals surface area contributed by atoms with Crippen LogP contribution in [0.15, 0.2) is 42.5 Å². The number of rotatable bonds is 6. The van der Waals surface area contributed by atoms with Crippen LogP contribution in [-0.2, 0) is 16.0 Å². The topological polar surface area (TPSA) is 67.4 Å². The Morgan fingerprint density at radius 3 is 2.56 bits per heavy atom. The van der Waals surface area contributed by atoms with Gasteiger partial charge in [0.05, 0.1) is 12.3 Å². The van der Waals surface area contributed by atoms with Gasteiger partial charge in [-0.05, 0) is 37.1 Å². The SMILES string of the molecule is CCOc1ccccc1CCNC(=O)C(=O)Nc1cccc(F)c1F. The van der Waals surface area contributed by atoms with E-state index in [9.17, 15) is 18.4 Å². The van der Waals surface area contributed by atoms with Crippen molar-refractivity contribution in [2.24, 2.45) is 0 Å². The molecule has 0 aliphatic carbocycles. The third kappa shape index (κ3) is 5.00. The number of carbonyl (C=O) groups excluding carboxylic acids is 2. The Kier molecular flexibility index (Phi) is 6.45. The van der Waals surface area contributed by atoms with E-state index < -0.39 is 23.4 Å². The van der Waals surface area contributed by atoms with Gasteiger partial charge in [-0.2, -0.15) is 0 Å². The van der Waals surface area contributed by atoms with Gasteiger partial charge in [0, 0.05) is 6.54 Å². The van der Waals surface area contributed by atoms with E-state index in [0.29, 0.717) is 18.8 Å². The molecule has 2 amide bonds. The summed E-state index contributed by atoms with van der Waals surface area (Å²) >= 11 is 0. The van der Waals surface area contributed by atoms with Gasteiger partial charge in [-0.3, -0.25) is 9.59 Å². The zero-order chi connectivity index (χ0) is 18.2. The van der Waals surface area contributed by atoms with Crippen molar-refractivity contribution in [1.82, 2.24) is 5.32 Å². The van der Waals surface area contributed by atoms with E-state index in [1.165, 1.54) is 12.1 Å². The first-order valence-electron chi connectivity index (χ1n) is 7.76. The lowest BCUT2D eigenvalue weighted by atomic mass is 10.1. The lowest BCUT2D eigenvalue weighted by Gasteiger charge is -2.11. The molecule has 0 unspecified atom stereocenters. The van der Waals surface area contributed by atoms with Crippen LogP contribution in [-0.4, -0.2) is 25.0 Å². The highest BCUT2D eigenvalue weighted by Gasteiger charge is 2.16. The molecule has 0 saturated heterocycles. The maximum Gasteiger partial charge on any atom is 0.313 e. The average Bonchev–Trinajstić information content (AvgIpc) is 2.60. The fourth-order valence-corrected chi connectivity index (χ4v) is 2.18. The van der Waals surface area contributed by atoms with Crippen molar-refractivity contribution in [2.45, 2.75) is 13.3 Å². The monoisotopic (exact) mass is 348 g/mol. The highest BCUT2D eigenvalue weighted by Crippen LogP contribution is 2.18. The van der Waals surface area contributed by atoms with Crippen molar-refractivity contribution in [3.8, 4) is 5.75 Å². The van der Waals surface area contributed by atoms with Gasteiger partial charge >= 0.3 is 11.8 Å². The summed E-state index contributed by atoms with van der Waals surface area (Å²) in [5.74, 6) is -3.61. The molecule has 2 rings (SSSR count). The Bertz CT molecular complexity index is 766. The van der Waals surface area contributed by atoms with Gasteiger partial charge in [0.2, 0.25) is 0 Å². The minimum absolute atomic E-state index is 0.196. The van der Waals surface area contributed by atoms with E-state index in [1.54, 1.807) is 0 Å². The van der Waals surface area contributed by atoms with Gasteiger partial charge in [-0.25, -0.2) is 8.78 Å². The second kappa shape index (κ2) is 8.77. The number of nitrogens with one attached hydrogen (secondary N) is 2. The quantitative estimate of drug-likeness (QED) is 0.789. The largest absolute Gasteiger partial charge is 0.494 e. The summed E-state index contributed by atoms with van der Waals surface area (Å²) in [6.45, 7) is 2.58. The number of halogens is 2. The lowest BCUT2D eigenvalue weighted by molar-refractivity contribution is -0.136. The summed E-state index contributed by atoms with van der Waals surface area (Å²) in [7, 11) is 0. The fourth-order valence-electron chi connectivity index (χ4n) is 2.18. The molecule has 0 heterocycles. The van der Waals surface area contributed by atoms with Crippen molar-refractivity contribution in [2.75, 3.05) is 18.5 Å². The Morgan fingerprint density at radius 1 is 1.04 bits per heavy atom. The normalized spacial score (nSPS) is 10.2. The van der Waals surface area contributed by atoms with Crippen molar-refractivity contribution in [3.63, 3.8) is 0 Å². The maximum absolute atomic E-state index is 13.5. The maximum atomic E-state index is 13.5. The number of anilines is 1. The number of hydrogen-bond donors (Lipinski definition) is 2. The number of benzene rings is 2. The number of hydrogen-bond acceptors (Lipinski definition) is 3. The first kappa shape index (κ1) is 18.4. The molecule has 0 bridgehead atoms. The van der Waals surface area contributed by atoms with Gasteiger partial charge in [0.1, 0.15) is 5.75 Å². The van der Waals surface area contributed by atoms with Crippen LogP contribution in [0.3, 0.4) is 0 Å². The molecule has 132 valence electrons. The molecule has 25 heavy (non-hydrogen) atoms. The van der Waals surface area contributed by atoms with E-state index in [0.717, 1.165) is 11.6 Å². The molecular formula is C18H18F2N2O3. The van der Waals surface area contributed by atoms with Gasteiger partial charge in [-0.15, -0.1) is 0 Å². The first-order chi connectivity index (χ1) is 12.0. The van der Waals surface area contributed by atoms with E-state index >= 15 is 0 Å². The third-order valence-electron chi connectivity index (χ3n) is 3.36. The fraction of sp³-hybridized carbons (Fsp3) is 0.222. The standard InChI is InChI=1S/C18H18F2N2O3/c1-2-25-15-9-4-3-6-12(15)10-11-21-17(23)18(24)22-14-8-5-7-13(19)16(14)20/h3-9H,2,10-11H2,1H3,(H,21,23)(H,22,24). The molecule has 2 aromatic rings. The molecule has 0 atom stereocenters. The minimum atomic E-state index is -1.21. The van der Waals surface area contributed by atoms with Gasteiger partial charge in [0.15, 0.2) is 11.6 Å². The second-order valence-electron chi connectivity index (χ2n) is 5.10. The van der Waals surface area contributed by atoms with Crippen molar-refractivity contribution < 1.29 is 23.1 Å². The van der Waals surface area contributed by atoms with Crippen LogP contribution in [0, 0.1) is 11.6 Å². The van der Waals surface area contributed by atoms with Crippen molar-refractivity contribution in [1.29, 1.82) is 0 Å². The summed E-state index contributed by atoms with van der Waals surface area (Å²) in [6.07, 6.45) is 0.462. The molecule has 7 heteroatoms. The highest BCUT2D eigenvalue weighted by molar-refractivity contribution is 6.39. The second-order valence-corrected chi connectivity index (χ2v) is 5.10. The smallest absolute Gasteiger partial charge is 0.313 e. The van der Waals surface area contributed by atoms with Gasteiger partial charge < -0.3 is 15.4 Å². The van der Waals surface area contributed by atoms with Crippen LogP contribution in [0.2, 0.25) is 0 Å². The third-order valence-corrected chi connectivity index (χ3v) is 3.36. The van der Waals surface area contributed by atoms with Crippen LogP contribution in [0.5, 0.6) is 5.75 Å². The van der Waals surface area contributed by atoms with Crippen molar-refractivity contribution in [3.05, 3.63) is 59.7 Å². The van der Waals surface area contributed by atoms with Gasteiger partial charge in [-0.1, -0.05) is 24.3 Å². The van der Waals surface area contributed by atoms with Crippen LogP contribution in [0.4, 0.5) is 14.5 Å². The summed E-state index contributed by atoms with van der Waals surface area (Å²) in [6, 6.07) is 10.7. The van der Waals surface area contributed by atoms with Crippen LogP contribution >= 0.6 is 0 Å². The van der Waals surface area contributed by atoms with E-state index in [-0.39, 0.29) is 12.2 Å². The number of para-hydroxylation sites is 1. The molecule has 0 spiro atoms. The molecule has 2 aromatic carbocycles. The summed E-state index contributed by atoms with van der Waals surface area (Å²) in [5, 5.41) is 4.47. The molecule has 0 aromatic heterocycles. The summed E-state index contributed by atoms with van der Waals surface area (Å²) < 4.78 is 32.0. The minimum Gasteiger partial charge on any atom is -0.494 e. The van der Waals surface area contributed by atoms with E-state index in [1.807, 2.05) is 36.5 Å². The van der Waals surface area contributed by atoms with E-state index in [2.05, 4.69) is 5.32 Å². The highest BCUT2D eigenvalue weighted by atomic mass is 19.2. The Morgan fingerprint density at radius 2 is 1.80 bits per heavy atom. The molecule has 0 radical (unpaired) electrons. The van der Waals surface area contributed by atoms with Crippen LogP contribution in [0.1, 0.15) is 12.5 Å². The number of amides is 2. The van der Waals surface area contributed by atoms with E-state index in [4.69, 9.17) is 4.74 Å². The zero-order valence-corrected chi connectivity index (χ0v) is 13.6. The number of carbonyl (C=O) groups is 2. The van der Waals surface area contributed by atoms with Crippen LogP contribution in [0.25, 0.3) is 0 Å². The average molecular weight is 348 g/mol. The summed E-state index contributed by atoms with van der Waals surface area (Å²) in [5.41, 5.74) is 0.503. The predicted molar refractivity (Wildman–Crippen MR) is 89.3 cm³/mol. The molecule has 2 N–H and O–H groups in total. The summed E-state index contributed by atoms with van der Waals surface area (Å²) in [4.78, 5) is 23.5. The molecule has 0 saturated carbocycles.